The molecule has 1 N–H and O–H groups in total. The van der Waals surface area contributed by atoms with Gasteiger partial charge in [-0.25, -0.2) is 4.79 Å². The molecule has 3 rings (SSSR count). The van der Waals surface area contributed by atoms with Gasteiger partial charge in [0.15, 0.2) is 0 Å². The lowest BCUT2D eigenvalue weighted by Crippen LogP contribution is -2.31. The molecule has 20 heavy (non-hydrogen) atoms. The smallest absolute Gasteiger partial charge is 0.337 e. The molecule has 1 aliphatic heterocycles. The van der Waals surface area contributed by atoms with Crippen molar-refractivity contribution in [1.82, 2.24) is 4.90 Å². The van der Waals surface area contributed by atoms with Gasteiger partial charge in [-0.05, 0) is 50.5 Å². The maximum Gasteiger partial charge on any atom is 0.337 e. The van der Waals surface area contributed by atoms with Crippen LogP contribution < -0.4 is 5.32 Å². The Bertz CT molecular complexity index is 482. The normalized spacial score (nSPS) is 26.5. The number of esters is 1. The Kier molecular flexibility index (Phi) is 3.66. The first-order valence-corrected chi connectivity index (χ1v) is 7.38. The van der Waals surface area contributed by atoms with Gasteiger partial charge in [-0.2, -0.15) is 0 Å². The molecule has 1 aliphatic carbocycles. The van der Waals surface area contributed by atoms with Crippen molar-refractivity contribution in [3.05, 3.63) is 29.8 Å². The summed E-state index contributed by atoms with van der Waals surface area (Å²) in [4.78, 5) is 14.0. The molecule has 1 saturated heterocycles. The van der Waals surface area contributed by atoms with Gasteiger partial charge >= 0.3 is 5.97 Å². The molecule has 0 spiro atoms. The second-order valence-electron chi connectivity index (χ2n) is 5.92. The van der Waals surface area contributed by atoms with Crippen LogP contribution in [0.2, 0.25) is 0 Å². The Morgan fingerprint density at radius 1 is 1.30 bits per heavy atom. The third-order valence-electron chi connectivity index (χ3n) is 4.32. The van der Waals surface area contributed by atoms with Crippen molar-refractivity contribution in [2.45, 2.75) is 44.3 Å². The Hall–Kier alpha value is -1.55. The van der Waals surface area contributed by atoms with E-state index in [-0.39, 0.29) is 5.97 Å². The highest BCUT2D eigenvalue weighted by Gasteiger charge is 2.38. The monoisotopic (exact) mass is 274 g/mol. The zero-order valence-electron chi connectivity index (χ0n) is 12.1. The van der Waals surface area contributed by atoms with Gasteiger partial charge in [0.05, 0.1) is 12.7 Å². The fourth-order valence-electron chi connectivity index (χ4n) is 3.13. The summed E-state index contributed by atoms with van der Waals surface area (Å²) in [6, 6.07) is 9.55. The Morgan fingerprint density at radius 2 is 2.00 bits per heavy atom. The van der Waals surface area contributed by atoms with E-state index >= 15 is 0 Å². The highest BCUT2D eigenvalue weighted by atomic mass is 16.5. The first-order valence-electron chi connectivity index (χ1n) is 7.38. The molecular formula is C16H22N2O2. The molecule has 108 valence electrons. The number of carbonyl (C=O) groups is 1. The van der Waals surface area contributed by atoms with E-state index in [1.54, 1.807) is 0 Å². The summed E-state index contributed by atoms with van der Waals surface area (Å²) < 4.78 is 4.70. The number of ether oxygens (including phenoxy) is 1. The van der Waals surface area contributed by atoms with E-state index < -0.39 is 0 Å². The van der Waals surface area contributed by atoms with E-state index in [0.29, 0.717) is 17.6 Å². The molecule has 2 aliphatic rings. The lowest BCUT2D eigenvalue weighted by Gasteiger charge is -2.20. The first kappa shape index (κ1) is 13.4. The average Bonchev–Trinajstić information content (AvgIpc) is 3.23. The van der Waals surface area contributed by atoms with Crippen molar-refractivity contribution in [2.24, 2.45) is 0 Å². The average molecular weight is 274 g/mol. The molecule has 4 heteroatoms. The molecule has 1 aromatic rings. The maximum absolute atomic E-state index is 11.4. The van der Waals surface area contributed by atoms with Gasteiger partial charge in [-0.3, -0.25) is 4.90 Å². The van der Waals surface area contributed by atoms with Gasteiger partial charge in [0.25, 0.3) is 0 Å². The second-order valence-corrected chi connectivity index (χ2v) is 5.92. The van der Waals surface area contributed by atoms with E-state index in [2.05, 4.69) is 17.1 Å². The predicted octanol–water partition coefficient (Wildman–Crippen LogP) is 2.51. The van der Waals surface area contributed by atoms with Gasteiger partial charge in [0.2, 0.25) is 0 Å². The van der Waals surface area contributed by atoms with Crippen LogP contribution in [-0.4, -0.2) is 42.6 Å². The molecule has 0 aromatic heterocycles. The van der Waals surface area contributed by atoms with Crippen molar-refractivity contribution in [2.75, 3.05) is 19.0 Å². The van der Waals surface area contributed by atoms with Crippen molar-refractivity contribution < 1.29 is 9.53 Å². The molecule has 2 fully saturated rings. The lowest BCUT2D eigenvalue weighted by molar-refractivity contribution is 0.0601. The Labute approximate surface area is 120 Å². The molecule has 1 aromatic carbocycles. The number of methoxy groups -OCH3 is 1. The van der Waals surface area contributed by atoms with Gasteiger partial charge in [0, 0.05) is 30.4 Å². The number of carbonyl (C=O) groups excluding carboxylic acids is 1. The number of nitrogens with one attached hydrogen (secondary N) is 1. The summed E-state index contributed by atoms with van der Waals surface area (Å²) >= 11 is 0. The molecule has 0 amide bonds. The minimum absolute atomic E-state index is 0.286. The second kappa shape index (κ2) is 5.44. The fourth-order valence-corrected chi connectivity index (χ4v) is 3.13. The zero-order valence-corrected chi connectivity index (χ0v) is 12.1. The Balaban J connectivity index is 1.59. The largest absolute Gasteiger partial charge is 0.465 e. The summed E-state index contributed by atoms with van der Waals surface area (Å²) in [6.07, 6.45) is 3.92. The van der Waals surface area contributed by atoms with Gasteiger partial charge < -0.3 is 10.1 Å². The van der Waals surface area contributed by atoms with Crippen LogP contribution in [0.1, 0.15) is 36.5 Å². The van der Waals surface area contributed by atoms with E-state index in [1.807, 2.05) is 24.3 Å². The molecule has 0 radical (unpaired) electrons. The van der Waals surface area contributed by atoms with E-state index in [9.17, 15) is 4.79 Å². The highest BCUT2D eigenvalue weighted by molar-refractivity contribution is 5.89. The SMILES string of the molecule is COC(=O)c1ccc(NC2CC(C)N(C3CC3)C2)cc1. The minimum Gasteiger partial charge on any atom is -0.465 e. The molecular weight excluding hydrogens is 252 g/mol. The molecule has 2 unspecified atom stereocenters. The third kappa shape index (κ3) is 2.80. The van der Waals surface area contributed by atoms with Gasteiger partial charge in [-0.15, -0.1) is 0 Å². The summed E-state index contributed by atoms with van der Waals surface area (Å²) in [5.74, 6) is -0.286. The number of hydrogen-bond acceptors (Lipinski definition) is 4. The molecule has 1 heterocycles. The van der Waals surface area contributed by atoms with Gasteiger partial charge in [-0.1, -0.05) is 0 Å². The van der Waals surface area contributed by atoms with E-state index in [1.165, 1.54) is 26.4 Å². The van der Waals surface area contributed by atoms with Crippen molar-refractivity contribution in [1.29, 1.82) is 0 Å². The van der Waals surface area contributed by atoms with Crippen LogP contribution in [0, 0.1) is 0 Å². The highest BCUT2D eigenvalue weighted by Crippen LogP contribution is 2.34. The van der Waals surface area contributed by atoms with E-state index in [0.717, 1.165) is 18.3 Å². The van der Waals surface area contributed by atoms with Crippen LogP contribution in [0.15, 0.2) is 24.3 Å². The summed E-state index contributed by atoms with van der Waals surface area (Å²) in [6.45, 7) is 3.45. The number of hydrogen-bond donors (Lipinski definition) is 1. The molecule has 4 nitrogen and oxygen atoms in total. The van der Waals surface area contributed by atoms with Crippen LogP contribution in [0.3, 0.4) is 0 Å². The van der Waals surface area contributed by atoms with Crippen LogP contribution in [-0.2, 0) is 4.74 Å². The molecule has 1 saturated carbocycles. The summed E-state index contributed by atoms with van der Waals surface area (Å²) in [5.41, 5.74) is 1.67. The van der Waals surface area contributed by atoms with Crippen molar-refractivity contribution in [3.63, 3.8) is 0 Å². The molecule has 0 bridgehead atoms. The number of nitrogens with zero attached hydrogens (tertiary/aromatic N) is 1. The number of rotatable bonds is 4. The van der Waals surface area contributed by atoms with Crippen LogP contribution in [0.25, 0.3) is 0 Å². The fraction of sp³-hybridized carbons (Fsp3) is 0.562. The first-order chi connectivity index (χ1) is 9.67. The number of anilines is 1. The maximum atomic E-state index is 11.4. The third-order valence-corrected chi connectivity index (χ3v) is 4.32. The summed E-state index contributed by atoms with van der Waals surface area (Å²) in [5, 5.41) is 3.57. The van der Waals surface area contributed by atoms with Crippen LogP contribution in [0.5, 0.6) is 0 Å². The quantitative estimate of drug-likeness (QED) is 0.857. The number of benzene rings is 1. The topological polar surface area (TPSA) is 41.6 Å². The van der Waals surface area contributed by atoms with Crippen LogP contribution >= 0.6 is 0 Å². The summed E-state index contributed by atoms with van der Waals surface area (Å²) in [7, 11) is 1.40. The van der Waals surface area contributed by atoms with Crippen LogP contribution in [0.4, 0.5) is 5.69 Å². The van der Waals surface area contributed by atoms with Crippen molar-refractivity contribution >= 4 is 11.7 Å². The number of likely N-dealkylation sites (tertiary alicyclic amines) is 1. The molecule has 2 atom stereocenters. The van der Waals surface area contributed by atoms with E-state index in [4.69, 9.17) is 4.74 Å². The standard InChI is InChI=1S/C16H22N2O2/c1-11-9-14(10-18(11)15-7-8-15)17-13-5-3-12(4-6-13)16(19)20-2/h3-6,11,14-15,17H,7-10H2,1-2H3. The van der Waals surface area contributed by atoms with Gasteiger partial charge in [0.1, 0.15) is 0 Å². The minimum atomic E-state index is -0.286. The van der Waals surface area contributed by atoms with Crippen molar-refractivity contribution in [3.8, 4) is 0 Å². The Morgan fingerprint density at radius 3 is 2.60 bits per heavy atom. The predicted molar refractivity (Wildman–Crippen MR) is 79.0 cm³/mol. The zero-order chi connectivity index (χ0) is 14.1. The lowest BCUT2D eigenvalue weighted by atomic mass is 10.1.